The van der Waals surface area contributed by atoms with Crippen LogP contribution in [-0.2, 0) is 4.74 Å². The Labute approximate surface area is 120 Å². The normalized spacial score (nSPS) is 20.1. The van der Waals surface area contributed by atoms with Crippen LogP contribution in [0.3, 0.4) is 0 Å². The molecule has 5 nitrogen and oxygen atoms in total. The van der Waals surface area contributed by atoms with Crippen molar-refractivity contribution in [1.29, 1.82) is 0 Å². The summed E-state index contributed by atoms with van der Waals surface area (Å²) in [7, 11) is 0. The first-order chi connectivity index (χ1) is 9.65. The third kappa shape index (κ3) is 4.58. The predicted molar refractivity (Wildman–Crippen MR) is 77.6 cm³/mol. The molecule has 0 aromatic carbocycles. The number of pyridine rings is 1. The summed E-state index contributed by atoms with van der Waals surface area (Å²) in [6.07, 6.45) is 3.30. The second-order valence-electron chi connectivity index (χ2n) is 5.60. The predicted octanol–water partition coefficient (Wildman–Crippen LogP) is 1.17. The SMILES string of the molecule is CC(C)CN1CCOC(CNC(=O)c2cccnc2)C1. The van der Waals surface area contributed by atoms with Gasteiger partial charge in [0.15, 0.2) is 0 Å². The zero-order valence-corrected chi connectivity index (χ0v) is 12.2. The second-order valence-corrected chi connectivity index (χ2v) is 5.60. The van der Waals surface area contributed by atoms with Gasteiger partial charge >= 0.3 is 0 Å². The minimum atomic E-state index is -0.0947. The average Bonchev–Trinajstić information content (AvgIpc) is 2.45. The summed E-state index contributed by atoms with van der Waals surface area (Å²) in [6.45, 7) is 8.65. The van der Waals surface area contributed by atoms with Gasteiger partial charge in [-0.25, -0.2) is 0 Å². The van der Waals surface area contributed by atoms with Crippen molar-refractivity contribution in [3.05, 3.63) is 30.1 Å². The number of amides is 1. The Bertz CT molecular complexity index is 422. The Morgan fingerprint density at radius 1 is 1.60 bits per heavy atom. The van der Waals surface area contributed by atoms with E-state index < -0.39 is 0 Å². The van der Waals surface area contributed by atoms with Gasteiger partial charge in [0.25, 0.3) is 5.91 Å². The summed E-state index contributed by atoms with van der Waals surface area (Å²) < 4.78 is 5.70. The summed E-state index contributed by atoms with van der Waals surface area (Å²) >= 11 is 0. The molecule has 110 valence electrons. The Hall–Kier alpha value is -1.46. The van der Waals surface area contributed by atoms with Gasteiger partial charge in [-0.3, -0.25) is 14.7 Å². The van der Waals surface area contributed by atoms with Gasteiger partial charge in [0.05, 0.1) is 18.3 Å². The molecule has 1 aromatic heterocycles. The van der Waals surface area contributed by atoms with Crippen LogP contribution in [0, 0.1) is 5.92 Å². The fraction of sp³-hybridized carbons (Fsp3) is 0.600. The van der Waals surface area contributed by atoms with Gasteiger partial charge in [0.2, 0.25) is 0 Å². The van der Waals surface area contributed by atoms with Crippen molar-refractivity contribution in [2.45, 2.75) is 20.0 Å². The van der Waals surface area contributed by atoms with E-state index in [9.17, 15) is 4.79 Å². The van der Waals surface area contributed by atoms with E-state index in [1.54, 1.807) is 24.5 Å². The topological polar surface area (TPSA) is 54.5 Å². The molecule has 1 amide bonds. The molecule has 0 bridgehead atoms. The van der Waals surface area contributed by atoms with Crippen LogP contribution in [0.1, 0.15) is 24.2 Å². The van der Waals surface area contributed by atoms with Gasteiger partial charge in [-0.05, 0) is 18.1 Å². The molecular weight excluding hydrogens is 254 g/mol. The summed E-state index contributed by atoms with van der Waals surface area (Å²) in [4.78, 5) is 18.3. The lowest BCUT2D eigenvalue weighted by Crippen LogP contribution is -2.48. The van der Waals surface area contributed by atoms with Gasteiger partial charge in [0.1, 0.15) is 0 Å². The third-order valence-corrected chi connectivity index (χ3v) is 3.26. The maximum absolute atomic E-state index is 11.9. The molecular formula is C15H23N3O2. The van der Waals surface area contributed by atoms with Crippen LogP contribution in [0.4, 0.5) is 0 Å². The van der Waals surface area contributed by atoms with Gasteiger partial charge < -0.3 is 10.1 Å². The van der Waals surface area contributed by atoms with E-state index >= 15 is 0 Å². The summed E-state index contributed by atoms with van der Waals surface area (Å²) in [6, 6.07) is 3.52. The zero-order valence-electron chi connectivity index (χ0n) is 12.2. The number of nitrogens with one attached hydrogen (secondary N) is 1. The van der Waals surface area contributed by atoms with Crippen molar-refractivity contribution in [1.82, 2.24) is 15.2 Å². The van der Waals surface area contributed by atoms with Crippen LogP contribution < -0.4 is 5.32 Å². The molecule has 1 aliphatic rings. The fourth-order valence-corrected chi connectivity index (χ4v) is 2.39. The molecule has 2 rings (SSSR count). The Morgan fingerprint density at radius 2 is 2.45 bits per heavy atom. The number of nitrogens with zero attached hydrogens (tertiary/aromatic N) is 2. The molecule has 1 aliphatic heterocycles. The van der Waals surface area contributed by atoms with E-state index in [0.29, 0.717) is 18.0 Å². The average molecular weight is 277 g/mol. The maximum Gasteiger partial charge on any atom is 0.252 e. The minimum absolute atomic E-state index is 0.0723. The third-order valence-electron chi connectivity index (χ3n) is 3.26. The number of hydrogen-bond acceptors (Lipinski definition) is 4. The molecule has 1 aromatic rings. The highest BCUT2D eigenvalue weighted by Crippen LogP contribution is 2.07. The number of carbonyl (C=O) groups excluding carboxylic acids is 1. The number of carbonyl (C=O) groups is 1. The van der Waals surface area contributed by atoms with Gasteiger partial charge in [0, 0.05) is 38.6 Å². The summed E-state index contributed by atoms with van der Waals surface area (Å²) in [5.41, 5.74) is 0.586. The molecule has 1 N–H and O–H groups in total. The van der Waals surface area contributed by atoms with Crippen molar-refractivity contribution in [2.75, 3.05) is 32.8 Å². The standard InChI is InChI=1S/C15H23N3O2/c1-12(2)10-18-6-7-20-14(11-18)9-17-15(19)13-4-3-5-16-8-13/h3-5,8,12,14H,6-7,9-11H2,1-2H3,(H,17,19). The van der Waals surface area contributed by atoms with Crippen molar-refractivity contribution in [3.63, 3.8) is 0 Å². The lowest BCUT2D eigenvalue weighted by molar-refractivity contribution is -0.0295. The highest BCUT2D eigenvalue weighted by molar-refractivity contribution is 5.93. The number of ether oxygens (including phenoxy) is 1. The quantitative estimate of drug-likeness (QED) is 0.878. The van der Waals surface area contributed by atoms with E-state index in [0.717, 1.165) is 26.2 Å². The molecule has 20 heavy (non-hydrogen) atoms. The van der Waals surface area contributed by atoms with Gasteiger partial charge in [-0.15, -0.1) is 0 Å². The maximum atomic E-state index is 11.9. The van der Waals surface area contributed by atoms with Crippen molar-refractivity contribution in [2.24, 2.45) is 5.92 Å². The van der Waals surface area contributed by atoms with Crippen LogP contribution in [0.15, 0.2) is 24.5 Å². The van der Waals surface area contributed by atoms with Crippen LogP contribution in [0.2, 0.25) is 0 Å². The minimum Gasteiger partial charge on any atom is -0.374 e. The van der Waals surface area contributed by atoms with Crippen molar-refractivity contribution >= 4 is 5.91 Å². The van der Waals surface area contributed by atoms with Crippen LogP contribution in [0.5, 0.6) is 0 Å². The molecule has 5 heteroatoms. The Kier molecular flexibility index (Phi) is 5.49. The monoisotopic (exact) mass is 277 g/mol. The molecule has 1 fully saturated rings. The first-order valence-corrected chi connectivity index (χ1v) is 7.17. The van der Waals surface area contributed by atoms with Gasteiger partial charge in [-0.2, -0.15) is 0 Å². The van der Waals surface area contributed by atoms with E-state index in [2.05, 4.69) is 29.0 Å². The fourth-order valence-electron chi connectivity index (χ4n) is 2.39. The molecule has 0 saturated carbocycles. The van der Waals surface area contributed by atoms with Crippen LogP contribution in [-0.4, -0.2) is 54.7 Å². The largest absolute Gasteiger partial charge is 0.374 e. The van der Waals surface area contributed by atoms with E-state index in [4.69, 9.17) is 4.74 Å². The Morgan fingerprint density at radius 3 is 3.15 bits per heavy atom. The lowest BCUT2D eigenvalue weighted by atomic mass is 10.1. The van der Waals surface area contributed by atoms with Crippen molar-refractivity contribution in [3.8, 4) is 0 Å². The number of morpholine rings is 1. The number of aromatic nitrogens is 1. The summed E-state index contributed by atoms with van der Waals surface area (Å²) in [5.74, 6) is 0.557. The zero-order chi connectivity index (χ0) is 14.4. The smallest absolute Gasteiger partial charge is 0.252 e. The number of hydrogen-bond donors (Lipinski definition) is 1. The molecule has 0 spiro atoms. The highest BCUT2D eigenvalue weighted by atomic mass is 16.5. The molecule has 0 aliphatic carbocycles. The van der Waals surface area contributed by atoms with E-state index in [-0.39, 0.29) is 12.0 Å². The Balaban J connectivity index is 1.77. The molecule has 2 heterocycles. The van der Waals surface area contributed by atoms with E-state index in [1.165, 1.54) is 0 Å². The highest BCUT2D eigenvalue weighted by Gasteiger charge is 2.21. The first-order valence-electron chi connectivity index (χ1n) is 7.17. The van der Waals surface area contributed by atoms with Gasteiger partial charge in [-0.1, -0.05) is 13.8 Å². The van der Waals surface area contributed by atoms with Crippen LogP contribution in [0.25, 0.3) is 0 Å². The molecule has 1 unspecified atom stereocenters. The molecule has 1 atom stereocenters. The first kappa shape index (κ1) is 14.9. The molecule has 1 saturated heterocycles. The second kappa shape index (κ2) is 7.36. The number of rotatable bonds is 5. The van der Waals surface area contributed by atoms with E-state index in [1.807, 2.05) is 0 Å². The van der Waals surface area contributed by atoms with Crippen LogP contribution >= 0.6 is 0 Å². The molecule has 0 radical (unpaired) electrons. The summed E-state index contributed by atoms with van der Waals surface area (Å²) in [5, 5.41) is 2.91. The van der Waals surface area contributed by atoms with Crippen molar-refractivity contribution < 1.29 is 9.53 Å². The lowest BCUT2D eigenvalue weighted by Gasteiger charge is -2.33.